The Labute approximate surface area is 193 Å². The molecule has 1 aromatic heterocycles. The van der Waals surface area contributed by atoms with Crippen molar-refractivity contribution >= 4 is 28.8 Å². The van der Waals surface area contributed by atoms with Gasteiger partial charge in [0.05, 0.1) is 0 Å². The summed E-state index contributed by atoms with van der Waals surface area (Å²) in [6.07, 6.45) is -5.15. The summed E-state index contributed by atoms with van der Waals surface area (Å²) < 4.78 is 38.8. The number of rotatable bonds is 4. The predicted molar refractivity (Wildman–Crippen MR) is 113 cm³/mol. The summed E-state index contributed by atoms with van der Waals surface area (Å²) in [7, 11) is 0. The number of alkyl halides is 3. The van der Waals surface area contributed by atoms with Crippen molar-refractivity contribution in [2.45, 2.75) is 52.9 Å². The zero-order valence-electron chi connectivity index (χ0n) is 19.4. The van der Waals surface area contributed by atoms with Crippen LogP contribution in [0.3, 0.4) is 0 Å². The fraction of sp³-hybridized carbons (Fsp3) is 0.591. The van der Waals surface area contributed by atoms with E-state index in [1.54, 1.807) is 45.0 Å². The summed E-state index contributed by atoms with van der Waals surface area (Å²) in [6.45, 7) is 8.72. The molecule has 9 nitrogen and oxygen atoms in total. The lowest BCUT2D eigenvalue weighted by atomic mass is 9.85. The Kier molecular flexibility index (Phi) is 5.41. The summed E-state index contributed by atoms with van der Waals surface area (Å²) in [5, 5.41) is 9.58. The number of fused-ring (bicyclic) bond motifs is 2. The molecule has 1 saturated heterocycles. The molecular formula is C22H26F3N5O4. The molecule has 2 aliphatic rings. The van der Waals surface area contributed by atoms with Crippen LogP contribution in [0.15, 0.2) is 24.3 Å². The Hall–Kier alpha value is -3.18. The third kappa shape index (κ3) is 3.98. The quantitative estimate of drug-likeness (QED) is 0.670. The third-order valence-corrected chi connectivity index (χ3v) is 6.88. The van der Waals surface area contributed by atoms with Crippen LogP contribution in [0.25, 0.3) is 11.0 Å². The maximum atomic E-state index is 13.5. The fourth-order valence-electron chi connectivity index (χ4n) is 4.86. The van der Waals surface area contributed by atoms with Gasteiger partial charge in [0.15, 0.2) is 0 Å². The highest BCUT2D eigenvalue weighted by Crippen LogP contribution is 2.65. The number of carbonyl (C=O) groups is 3. The van der Waals surface area contributed by atoms with Gasteiger partial charge in [-0.1, -0.05) is 51.6 Å². The van der Waals surface area contributed by atoms with Gasteiger partial charge in [-0.3, -0.25) is 9.59 Å². The van der Waals surface area contributed by atoms with Crippen LogP contribution in [0.5, 0.6) is 0 Å². The molecule has 184 valence electrons. The van der Waals surface area contributed by atoms with Gasteiger partial charge in [0, 0.05) is 12.5 Å². The Bertz CT molecular complexity index is 1150. The molecule has 0 unspecified atom stereocenters. The van der Waals surface area contributed by atoms with Crippen LogP contribution >= 0.6 is 0 Å². The lowest BCUT2D eigenvalue weighted by molar-refractivity contribution is -0.176. The highest BCUT2D eigenvalue weighted by Gasteiger charge is 2.70. The van der Waals surface area contributed by atoms with Crippen LogP contribution in [-0.2, 0) is 14.4 Å². The molecule has 1 aliphatic heterocycles. The van der Waals surface area contributed by atoms with E-state index in [0.29, 0.717) is 11.0 Å². The summed E-state index contributed by atoms with van der Waals surface area (Å²) in [4.78, 5) is 46.1. The summed E-state index contributed by atoms with van der Waals surface area (Å²) >= 11 is 0. The van der Waals surface area contributed by atoms with Crippen molar-refractivity contribution in [3.05, 3.63) is 24.3 Å². The van der Waals surface area contributed by atoms with Gasteiger partial charge in [0.2, 0.25) is 5.91 Å². The van der Waals surface area contributed by atoms with Crippen molar-refractivity contribution in [2.24, 2.45) is 22.7 Å². The molecule has 4 atom stereocenters. The molecule has 1 N–H and O–H groups in total. The van der Waals surface area contributed by atoms with Gasteiger partial charge in [-0.05, 0) is 34.1 Å². The van der Waals surface area contributed by atoms with Gasteiger partial charge in [-0.25, -0.2) is 4.79 Å². The van der Waals surface area contributed by atoms with Gasteiger partial charge >= 0.3 is 18.1 Å². The van der Waals surface area contributed by atoms with E-state index in [1.807, 2.05) is 19.2 Å². The fourth-order valence-corrected chi connectivity index (χ4v) is 4.86. The normalized spacial score (nSPS) is 24.5. The lowest BCUT2D eigenvalue weighted by Gasteiger charge is -2.37. The molecule has 2 fully saturated rings. The number of benzene rings is 1. The number of nitrogens with zero attached hydrogens (tertiary/aromatic N) is 4. The second kappa shape index (κ2) is 7.67. The maximum Gasteiger partial charge on any atom is 0.471 e. The molecule has 2 amide bonds. The van der Waals surface area contributed by atoms with Gasteiger partial charge in [0.25, 0.3) is 0 Å². The minimum Gasteiger partial charge on any atom is -0.336 e. The van der Waals surface area contributed by atoms with Crippen molar-refractivity contribution in [2.75, 3.05) is 6.54 Å². The van der Waals surface area contributed by atoms with Gasteiger partial charge in [-0.15, -0.1) is 5.10 Å². The molecule has 2 heterocycles. The number of amides is 2. The Morgan fingerprint density at radius 2 is 1.82 bits per heavy atom. The van der Waals surface area contributed by atoms with E-state index in [1.165, 1.54) is 4.90 Å². The number of nitrogens with one attached hydrogen (secondary N) is 1. The van der Waals surface area contributed by atoms with Crippen LogP contribution in [0.2, 0.25) is 0 Å². The van der Waals surface area contributed by atoms with Crippen molar-refractivity contribution in [1.29, 1.82) is 0 Å². The topological polar surface area (TPSA) is 106 Å². The standard InChI is InChI=1S/C22H26F3N5O4/c1-20(2,3)16(26-19(33)22(23,24)25)17(31)29-10-11-14(21(11,4)5)15(29)18(32)34-30-13-9-7-6-8-12(13)27-28-30/h6-9,11,14-16H,10H2,1-5H3,(H,26,33)/t11-,14-,15-,16+/m0/s1. The SMILES string of the molecule is CC(C)(C)[C@H](NC(=O)C(F)(F)F)C(=O)N1C[C@H]2[C@@H]([C@H]1C(=O)On1nnc3ccccc31)C2(C)C. The number of likely N-dealkylation sites (tertiary alicyclic amines) is 1. The Morgan fingerprint density at radius 3 is 2.44 bits per heavy atom. The van der Waals surface area contributed by atoms with Crippen LogP contribution in [0.4, 0.5) is 13.2 Å². The van der Waals surface area contributed by atoms with Crippen molar-refractivity contribution in [3.63, 3.8) is 0 Å². The van der Waals surface area contributed by atoms with Crippen LogP contribution in [0, 0.1) is 22.7 Å². The first-order valence-corrected chi connectivity index (χ1v) is 10.8. The Balaban J connectivity index is 1.61. The van der Waals surface area contributed by atoms with Gasteiger partial charge < -0.3 is 15.1 Å². The minimum atomic E-state index is -5.15. The van der Waals surface area contributed by atoms with E-state index in [9.17, 15) is 27.6 Å². The Morgan fingerprint density at radius 1 is 1.18 bits per heavy atom. The molecule has 1 aliphatic carbocycles. The number of hydrogen-bond acceptors (Lipinski definition) is 6. The second-order valence-corrected chi connectivity index (χ2v) is 10.5. The maximum absolute atomic E-state index is 13.5. The highest BCUT2D eigenvalue weighted by molar-refractivity contribution is 5.93. The number of para-hydroxylation sites is 1. The minimum absolute atomic E-state index is 0.0274. The molecule has 1 saturated carbocycles. The zero-order valence-corrected chi connectivity index (χ0v) is 19.4. The second-order valence-electron chi connectivity index (χ2n) is 10.5. The van der Waals surface area contributed by atoms with Crippen LogP contribution < -0.4 is 10.2 Å². The van der Waals surface area contributed by atoms with E-state index >= 15 is 0 Å². The van der Waals surface area contributed by atoms with E-state index < -0.39 is 41.5 Å². The summed E-state index contributed by atoms with van der Waals surface area (Å²) in [6, 6.07) is 4.29. The molecule has 0 spiro atoms. The van der Waals surface area contributed by atoms with Crippen molar-refractivity contribution < 1.29 is 32.4 Å². The van der Waals surface area contributed by atoms with E-state index in [4.69, 9.17) is 4.84 Å². The van der Waals surface area contributed by atoms with Gasteiger partial charge in [-0.2, -0.15) is 13.2 Å². The summed E-state index contributed by atoms with van der Waals surface area (Å²) in [5.74, 6) is -4.01. The number of halogens is 3. The highest BCUT2D eigenvalue weighted by atomic mass is 19.4. The van der Waals surface area contributed by atoms with E-state index in [-0.39, 0.29) is 23.8 Å². The van der Waals surface area contributed by atoms with Crippen molar-refractivity contribution in [1.82, 2.24) is 25.4 Å². The number of hydrogen-bond donors (Lipinski definition) is 1. The van der Waals surface area contributed by atoms with Crippen LogP contribution in [-0.4, -0.2) is 62.6 Å². The molecule has 2 aromatic rings. The van der Waals surface area contributed by atoms with Crippen molar-refractivity contribution in [3.8, 4) is 0 Å². The summed E-state index contributed by atoms with van der Waals surface area (Å²) in [5.41, 5.74) is -0.348. The molecule has 0 radical (unpaired) electrons. The molecule has 0 bridgehead atoms. The number of piperidine rings is 1. The average Bonchev–Trinajstić information content (AvgIpc) is 3.09. The molecule has 4 rings (SSSR count). The molecule has 34 heavy (non-hydrogen) atoms. The molecule has 12 heteroatoms. The largest absolute Gasteiger partial charge is 0.471 e. The number of aromatic nitrogens is 3. The first-order chi connectivity index (χ1) is 15.6. The number of carbonyl (C=O) groups excluding carboxylic acids is 3. The first kappa shape index (κ1) is 24.0. The zero-order chi connectivity index (χ0) is 25.2. The predicted octanol–water partition coefficient (Wildman–Crippen LogP) is 1.96. The monoisotopic (exact) mass is 481 g/mol. The third-order valence-electron chi connectivity index (χ3n) is 6.88. The van der Waals surface area contributed by atoms with E-state index in [2.05, 4.69) is 10.3 Å². The van der Waals surface area contributed by atoms with Gasteiger partial charge in [0.1, 0.15) is 23.1 Å². The first-order valence-electron chi connectivity index (χ1n) is 10.8. The molecular weight excluding hydrogens is 455 g/mol. The molecule has 1 aromatic carbocycles. The van der Waals surface area contributed by atoms with E-state index in [0.717, 1.165) is 4.85 Å². The lowest BCUT2D eigenvalue weighted by Crippen LogP contribution is -2.60. The smallest absolute Gasteiger partial charge is 0.336 e. The van der Waals surface area contributed by atoms with Crippen LogP contribution in [0.1, 0.15) is 34.6 Å². The average molecular weight is 481 g/mol.